The molecule has 0 radical (unpaired) electrons. The van der Waals surface area contributed by atoms with Crippen LogP contribution in [0, 0.1) is 5.41 Å². The summed E-state index contributed by atoms with van der Waals surface area (Å²) in [6, 6.07) is 0. The lowest BCUT2D eigenvalue weighted by Crippen LogP contribution is -2.34. The Bertz CT molecular complexity index is 221. The molecule has 1 N–H and O–H groups in total. The van der Waals surface area contributed by atoms with Crippen molar-refractivity contribution in [3.05, 3.63) is 24.3 Å². The first-order chi connectivity index (χ1) is 6.33. The van der Waals surface area contributed by atoms with Gasteiger partial charge in [-0.25, -0.2) is 0 Å². The van der Waals surface area contributed by atoms with Crippen molar-refractivity contribution in [2.45, 2.75) is 32.1 Å². The van der Waals surface area contributed by atoms with Gasteiger partial charge in [0, 0.05) is 12.0 Å². The monoisotopic (exact) mass is 177 g/mol. The van der Waals surface area contributed by atoms with Gasteiger partial charge in [-0.15, -0.1) is 0 Å². The number of nitrogens with one attached hydrogen (secondary N) is 1. The van der Waals surface area contributed by atoms with Crippen LogP contribution in [0.1, 0.15) is 32.1 Å². The van der Waals surface area contributed by atoms with Gasteiger partial charge in [-0.2, -0.15) is 0 Å². The van der Waals surface area contributed by atoms with Gasteiger partial charge >= 0.3 is 0 Å². The zero-order chi connectivity index (χ0) is 9.15. The molecule has 1 fully saturated rings. The third-order valence-corrected chi connectivity index (χ3v) is 3.51. The molecule has 0 unspecified atom stereocenters. The van der Waals surface area contributed by atoms with Gasteiger partial charge < -0.3 is 5.32 Å². The molecule has 0 bridgehead atoms. The molecule has 0 amide bonds. The second-order valence-electron chi connectivity index (χ2n) is 4.38. The van der Waals surface area contributed by atoms with E-state index in [-0.39, 0.29) is 0 Å². The van der Waals surface area contributed by atoms with E-state index in [2.05, 4.69) is 24.0 Å². The van der Waals surface area contributed by atoms with E-state index >= 15 is 0 Å². The van der Waals surface area contributed by atoms with Crippen molar-refractivity contribution in [2.75, 3.05) is 13.1 Å². The van der Waals surface area contributed by atoms with E-state index in [9.17, 15) is 0 Å². The van der Waals surface area contributed by atoms with Crippen LogP contribution in [-0.2, 0) is 0 Å². The third kappa shape index (κ3) is 1.71. The molecular weight excluding hydrogens is 158 g/mol. The highest BCUT2D eigenvalue weighted by Crippen LogP contribution is 2.43. The first-order valence-corrected chi connectivity index (χ1v) is 5.40. The highest BCUT2D eigenvalue weighted by molar-refractivity contribution is 5.26. The van der Waals surface area contributed by atoms with E-state index in [1.165, 1.54) is 31.3 Å². The van der Waals surface area contributed by atoms with Gasteiger partial charge in [0.2, 0.25) is 0 Å². The summed E-state index contributed by atoms with van der Waals surface area (Å²) in [4.78, 5) is 0. The lowest BCUT2D eigenvalue weighted by Gasteiger charge is -2.31. The van der Waals surface area contributed by atoms with E-state index in [1.54, 1.807) is 0 Å². The standard InChI is InChI=1S/C12H19N/c1-11-6-2-5-9-13-10-12(11)7-3-4-8-12/h2,6,13H,1,3-5,7-10H2/b6-2-. The maximum Gasteiger partial charge on any atom is 0.00718 e. The van der Waals surface area contributed by atoms with Crippen LogP contribution in [0.4, 0.5) is 0 Å². The average Bonchev–Trinajstić information content (AvgIpc) is 2.58. The fraction of sp³-hybridized carbons (Fsp3) is 0.667. The Hall–Kier alpha value is -0.560. The van der Waals surface area contributed by atoms with E-state index in [1.807, 2.05) is 0 Å². The second kappa shape index (κ2) is 3.67. The Labute approximate surface area is 80.9 Å². The highest BCUT2D eigenvalue weighted by Gasteiger charge is 2.35. The molecule has 1 aliphatic heterocycles. The van der Waals surface area contributed by atoms with E-state index in [0.717, 1.165) is 19.5 Å². The summed E-state index contributed by atoms with van der Waals surface area (Å²) < 4.78 is 0. The minimum Gasteiger partial charge on any atom is -0.316 e. The Morgan fingerprint density at radius 3 is 2.85 bits per heavy atom. The van der Waals surface area contributed by atoms with Crippen molar-refractivity contribution in [1.29, 1.82) is 0 Å². The summed E-state index contributed by atoms with van der Waals surface area (Å²) in [5, 5.41) is 3.54. The van der Waals surface area contributed by atoms with Crippen molar-refractivity contribution in [1.82, 2.24) is 5.32 Å². The molecule has 72 valence electrons. The highest BCUT2D eigenvalue weighted by atomic mass is 14.9. The molecule has 0 aromatic carbocycles. The fourth-order valence-electron chi connectivity index (χ4n) is 2.58. The Kier molecular flexibility index (Phi) is 2.54. The Balaban J connectivity index is 2.17. The molecule has 0 aromatic rings. The predicted molar refractivity (Wildman–Crippen MR) is 56.7 cm³/mol. The van der Waals surface area contributed by atoms with Crippen molar-refractivity contribution in [2.24, 2.45) is 5.41 Å². The van der Waals surface area contributed by atoms with Gasteiger partial charge in [0.15, 0.2) is 0 Å². The largest absolute Gasteiger partial charge is 0.316 e. The van der Waals surface area contributed by atoms with Crippen LogP contribution in [0.25, 0.3) is 0 Å². The predicted octanol–water partition coefficient (Wildman–Crippen LogP) is 2.65. The molecule has 2 rings (SSSR count). The van der Waals surface area contributed by atoms with Crippen molar-refractivity contribution >= 4 is 0 Å². The van der Waals surface area contributed by atoms with E-state index < -0.39 is 0 Å². The summed E-state index contributed by atoms with van der Waals surface area (Å²) in [6.07, 6.45) is 11.1. The maximum atomic E-state index is 4.22. The smallest absolute Gasteiger partial charge is 0.00718 e. The Morgan fingerprint density at radius 1 is 1.31 bits per heavy atom. The first kappa shape index (κ1) is 9.01. The lowest BCUT2D eigenvalue weighted by molar-refractivity contribution is 0.349. The van der Waals surface area contributed by atoms with Gasteiger partial charge in [0.1, 0.15) is 0 Å². The number of rotatable bonds is 0. The SMILES string of the molecule is C=C1/C=C\CCNCC12CCCC2. The summed E-state index contributed by atoms with van der Waals surface area (Å²) in [5.74, 6) is 0. The van der Waals surface area contributed by atoms with Crippen LogP contribution in [0.15, 0.2) is 24.3 Å². The van der Waals surface area contributed by atoms with Crippen LogP contribution < -0.4 is 5.32 Å². The minimum atomic E-state index is 0.414. The summed E-state index contributed by atoms with van der Waals surface area (Å²) in [7, 11) is 0. The molecular formula is C12H19N. The molecule has 1 aliphatic carbocycles. The molecule has 1 saturated carbocycles. The van der Waals surface area contributed by atoms with E-state index in [4.69, 9.17) is 0 Å². The zero-order valence-corrected chi connectivity index (χ0v) is 8.31. The van der Waals surface area contributed by atoms with Crippen molar-refractivity contribution < 1.29 is 0 Å². The molecule has 0 atom stereocenters. The van der Waals surface area contributed by atoms with Gasteiger partial charge in [-0.1, -0.05) is 31.6 Å². The number of hydrogen-bond acceptors (Lipinski definition) is 1. The van der Waals surface area contributed by atoms with Crippen LogP contribution in [0.2, 0.25) is 0 Å². The van der Waals surface area contributed by atoms with E-state index in [0.29, 0.717) is 5.41 Å². The lowest BCUT2D eigenvalue weighted by atomic mass is 9.78. The molecule has 13 heavy (non-hydrogen) atoms. The van der Waals surface area contributed by atoms with Crippen LogP contribution in [0.5, 0.6) is 0 Å². The normalized spacial score (nSPS) is 30.0. The van der Waals surface area contributed by atoms with Crippen molar-refractivity contribution in [3.63, 3.8) is 0 Å². The number of hydrogen-bond donors (Lipinski definition) is 1. The summed E-state index contributed by atoms with van der Waals surface area (Å²) in [5.41, 5.74) is 1.77. The minimum absolute atomic E-state index is 0.414. The van der Waals surface area contributed by atoms with Crippen LogP contribution in [-0.4, -0.2) is 13.1 Å². The number of allylic oxidation sites excluding steroid dienone is 1. The quantitative estimate of drug-likeness (QED) is 0.600. The Morgan fingerprint density at radius 2 is 2.08 bits per heavy atom. The van der Waals surface area contributed by atoms with Crippen LogP contribution >= 0.6 is 0 Å². The molecule has 1 heteroatoms. The molecule has 0 aromatic heterocycles. The topological polar surface area (TPSA) is 12.0 Å². The van der Waals surface area contributed by atoms with Gasteiger partial charge in [0.25, 0.3) is 0 Å². The zero-order valence-electron chi connectivity index (χ0n) is 8.31. The average molecular weight is 177 g/mol. The second-order valence-corrected chi connectivity index (χ2v) is 4.38. The molecule has 0 saturated heterocycles. The maximum absolute atomic E-state index is 4.22. The first-order valence-electron chi connectivity index (χ1n) is 5.40. The summed E-state index contributed by atoms with van der Waals surface area (Å²) in [6.45, 7) is 6.50. The van der Waals surface area contributed by atoms with Crippen molar-refractivity contribution in [3.8, 4) is 0 Å². The fourth-order valence-corrected chi connectivity index (χ4v) is 2.58. The molecule has 1 heterocycles. The molecule has 1 spiro atoms. The van der Waals surface area contributed by atoms with Gasteiger partial charge in [-0.05, 0) is 31.4 Å². The van der Waals surface area contributed by atoms with Crippen LogP contribution in [0.3, 0.4) is 0 Å². The van der Waals surface area contributed by atoms with Gasteiger partial charge in [-0.3, -0.25) is 0 Å². The van der Waals surface area contributed by atoms with Gasteiger partial charge in [0.05, 0.1) is 0 Å². The third-order valence-electron chi connectivity index (χ3n) is 3.51. The summed E-state index contributed by atoms with van der Waals surface area (Å²) >= 11 is 0. The molecule has 1 nitrogen and oxygen atoms in total. The molecule has 2 aliphatic rings.